The highest BCUT2D eigenvalue weighted by atomic mass is 19.1. The van der Waals surface area contributed by atoms with Gasteiger partial charge in [-0.15, -0.1) is 0 Å². The number of likely N-dealkylation sites (tertiary alicyclic amines) is 1. The number of fused-ring (bicyclic) bond motifs is 1. The number of anilines is 1. The van der Waals surface area contributed by atoms with E-state index in [1.54, 1.807) is 6.07 Å². The molecule has 47 heavy (non-hydrogen) atoms. The van der Waals surface area contributed by atoms with Crippen molar-refractivity contribution in [2.75, 3.05) is 50.7 Å². The van der Waals surface area contributed by atoms with Gasteiger partial charge in [-0.3, -0.25) is 19.6 Å². The number of rotatable bonds is 11. The Kier molecular flexibility index (Phi) is 8.52. The number of benzene rings is 1. The molecule has 11 nitrogen and oxygen atoms in total. The Balaban J connectivity index is 0.939. The quantitative estimate of drug-likeness (QED) is 0.319. The summed E-state index contributed by atoms with van der Waals surface area (Å²) in [7, 11) is 0. The maximum Gasteiger partial charge on any atom is 0.255 e. The van der Waals surface area contributed by atoms with Gasteiger partial charge in [0.05, 0.1) is 17.4 Å². The van der Waals surface area contributed by atoms with Crippen LogP contribution >= 0.6 is 0 Å². The second-order valence-electron chi connectivity index (χ2n) is 14.4. The minimum Gasteiger partial charge on any atom is -0.490 e. The number of carbonyl (C=O) groups is 1. The van der Waals surface area contributed by atoms with Gasteiger partial charge in [0.25, 0.3) is 5.91 Å². The Hall–Kier alpha value is -3.87. The lowest BCUT2D eigenvalue weighted by atomic mass is 9.61. The molecule has 2 N–H and O–H groups in total. The highest BCUT2D eigenvalue weighted by Gasteiger charge is 2.54. The number of amides is 1. The predicted molar refractivity (Wildman–Crippen MR) is 174 cm³/mol. The van der Waals surface area contributed by atoms with Crippen LogP contribution in [0.2, 0.25) is 0 Å². The number of aliphatic hydroxyl groups is 1. The SMILES string of the molecule is CC(C)NC(=O)c1cccc(F)c1Oc1cncnc1N1CC2(CC(Oc3ccnc4c3CN(CCCN3CC(C)(O)C3)CC4)C2)C1. The second-order valence-corrected chi connectivity index (χ2v) is 14.4. The summed E-state index contributed by atoms with van der Waals surface area (Å²) in [5, 5.41) is 12.8. The normalized spacial score (nSPS) is 20.3. The molecule has 0 radical (unpaired) electrons. The van der Waals surface area contributed by atoms with Crippen molar-refractivity contribution in [1.29, 1.82) is 0 Å². The summed E-state index contributed by atoms with van der Waals surface area (Å²) >= 11 is 0. The largest absolute Gasteiger partial charge is 0.490 e. The number of nitrogens with zero attached hydrogens (tertiary/aromatic N) is 6. The predicted octanol–water partition coefficient (Wildman–Crippen LogP) is 3.80. The molecule has 1 aliphatic carbocycles. The highest BCUT2D eigenvalue weighted by molar-refractivity contribution is 5.97. The first kappa shape index (κ1) is 31.7. The van der Waals surface area contributed by atoms with Crippen molar-refractivity contribution in [2.45, 2.75) is 70.7 Å². The summed E-state index contributed by atoms with van der Waals surface area (Å²) in [5.74, 6) is 0.664. The summed E-state index contributed by atoms with van der Waals surface area (Å²) in [4.78, 5) is 32.9. The number of pyridine rings is 1. The van der Waals surface area contributed by atoms with Gasteiger partial charge in [-0.2, -0.15) is 0 Å². The average molecular weight is 646 g/mol. The molecule has 1 saturated carbocycles. The maximum absolute atomic E-state index is 14.9. The molecule has 250 valence electrons. The van der Waals surface area contributed by atoms with Crippen LogP contribution in [0.4, 0.5) is 10.2 Å². The van der Waals surface area contributed by atoms with E-state index in [1.807, 2.05) is 33.0 Å². The minimum absolute atomic E-state index is 0.105. The van der Waals surface area contributed by atoms with Crippen LogP contribution in [0.5, 0.6) is 17.2 Å². The van der Waals surface area contributed by atoms with Gasteiger partial charge in [-0.1, -0.05) is 6.07 Å². The van der Waals surface area contributed by atoms with Crippen LogP contribution in [0, 0.1) is 11.2 Å². The number of ether oxygens (including phenoxy) is 2. The van der Waals surface area contributed by atoms with E-state index >= 15 is 0 Å². The lowest BCUT2D eigenvalue weighted by Gasteiger charge is -2.59. The number of hydrogen-bond donors (Lipinski definition) is 2. The average Bonchev–Trinajstić information content (AvgIpc) is 2.98. The van der Waals surface area contributed by atoms with Crippen molar-refractivity contribution in [1.82, 2.24) is 30.1 Å². The van der Waals surface area contributed by atoms with Gasteiger partial charge in [0.1, 0.15) is 18.2 Å². The Morgan fingerprint density at radius 3 is 2.66 bits per heavy atom. The van der Waals surface area contributed by atoms with Gasteiger partial charge in [0.15, 0.2) is 23.1 Å². The summed E-state index contributed by atoms with van der Waals surface area (Å²) in [6.07, 6.45) is 8.87. The monoisotopic (exact) mass is 645 g/mol. The third-order valence-electron chi connectivity index (χ3n) is 9.70. The number of para-hydroxylation sites is 1. The van der Waals surface area contributed by atoms with E-state index in [0.717, 1.165) is 89.5 Å². The number of nitrogens with one attached hydrogen (secondary N) is 1. The number of halogens is 1. The molecule has 3 fully saturated rings. The molecule has 5 heterocycles. The first-order valence-electron chi connectivity index (χ1n) is 16.7. The Labute approximate surface area is 275 Å². The van der Waals surface area contributed by atoms with E-state index in [2.05, 4.69) is 35.0 Å². The molecule has 1 amide bonds. The van der Waals surface area contributed by atoms with Crippen molar-refractivity contribution in [3.63, 3.8) is 0 Å². The molecular weight excluding hydrogens is 601 g/mol. The highest BCUT2D eigenvalue weighted by Crippen LogP contribution is 2.52. The van der Waals surface area contributed by atoms with Crippen molar-refractivity contribution >= 4 is 11.7 Å². The van der Waals surface area contributed by atoms with Crippen molar-refractivity contribution in [2.24, 2.45) is 5.41 Å². The fourth-order valence-electron chi connectivity index (χ4n) is 7.56. The van der Waals surface area contributed by atoms with E-state index in [9.17, 15) is 14.3 Å². The molecule has 2 aromatic heterocycles. The minimum atomic E-state index is -0.626. The van der Waals surface area contributed by atoms with E-state index in [0.29, 0.717) is 11.6 Å². The van der Waals surface area contributed by atoms with Crippen LogP contribution in [0.3, 0.4) is 0 Å². The Morgan fingerprint density at radius 2 is 1.89 bits per heavy atom. The molecule has 0 atom stereocenters. The van der Waals surface area contributed by atoms with Crippen LogP contribution in [0.25, 0.3) is 0 Å². The van der Waals surface area contributed by atoms with E-state index in [-0.39, 0.29) is 28.9 Å². The van der Waals surface area contributed by atoms with Crippen molar-refractivity contribution < 1.29 is 23.8 Å². The molecule has 4 aliphatic rings. The smallest absolute Gasteiger partial charge is 0.255 e. The Bertz CT molecular complexity index is 1610. The number of aromatic nitrogens is 3. The molecular formula is C35H44FN7O4. The molecule has 1 spiro atoms. The zero-order valence-electron chi connectivity index (χ0n) is 27.4. The molecule has 3 aliphatic heterocycles. The summed E-state index contributed by atoms with van der Waals surface area (Å²) < 4.78 is 27.5. The number of β-amino-alcohol motifs (C(OH)–C–C–N with tert-alkyl or cyclic N) is 1. The Morgan fingerprint density at radius 1 is 1.11 bits per heavy atom. The van der Waals surface area contributed by atoms with Gasteiger partial charge >= 0.3 is 0 Å². The lowest BCUT2D eigenvalue weighted by molar-refractivity contribution is -0.0838. The van der Waals surface area contributed by atoms with Crippen LogP contribution in [-0.4, -0.2) is 99.3 Å². The van der Waals surface area contributed by atoms with Crippen LogP contribution in [-0.2, 0) is 13.0 Å². The van der Waals surface area contributed by atoms with Crippen LogP contribution < -0.4 is 19.7 Å². The van der Waals surface area contributed by atoms with Gasteiger partial charge in [-0.05, 0) is 71.3 Å². The van der Waals surface area contributed by atoms with Crippen LogP contribution in [0.15, 0.2) is 43.0 Å². The molecule has 12 heteroatoms. The molecule has 0 unspecified atom stereocenters. The molecule has 2 saturated heterocycles. The fourth-order valence-corrected chi connectivity index (χ4v) is 7.56. The zero-order chi connectivity index (χ0) is 32.8. The first-order chi connectivity index (χ1) is 22.6. The maximum atomic E-state index is 14.9. The third kappa shape index (κ3) is 6.77. The van der Waals surface area contributed by atoms with Gasteiger partial charge in [0.2, 0.25) is 0 Å². The second kappa shape index (κ2) is 12.6. The van der Waals surface area contributed by atoms with Gasteiger partial charge < -0.3 is 24.8 Å². The van der Waals surface area contributed by atoms with Crippen LogP contribution in [0.1, 0.15) is 61.6 Å². The topological polar surface area (TPSA) is 116 Å². The van der Waals surface area contributed by atoms with E-state index in [1.165, 1.54) is 30.2 Å². The molecule has 0 bridgehead atoms. The summed E-state index contributed by atoms with van der Waals surface area (Å²) in [6, 6.07) is 6.22. The number of carbonyl (C=O) groups excluding carboxylic acids is 1. The van der Waals surface area contributed by atoms with Gasteiger partial charge in [-0.25, -0.2) is 14.4 Å². The summed E-state index contributed by atoms with van der Waals surface area (Å²) in [6.45, 7) is 12.6. The van der Waals surface area contributed by atoms with Crippen molar-refractivity contribution in [3.05, 3.63) is 65.6 Å². The first-order valence-corrected chi connectivity index (χ1v) is 16.7. The van der Waals surface area contributed by atoms with Crippen molar-refractivity contribution in [3.8, 4) is 17.2 Å². The number of hydrogen-bond acceptors (Lipinski definition) is 10. The van der Waals surface area contributed by atoms with E-state index < -0.39 is 17.3 Å². The third-order valence-corrected chi connectivity index (χ3v) is 9.70. The summed E-state index contributed by atoms with van der Waals surface area (Å²) in [5.41, 5.74) is 2.08. The fraction of sp³-hybridized carbons (Fsp3) is 0.543. The van der Waals surface area contributed by atoms with Gasteiger partial charge in [0, 0.05) is 74.6 Å². The standard InChI is InChI=1S/C35H44FN7O4/c1-23(2)40-33(44)25-6-4-7-27(36)31(25)47-30-16-37-22-39-32(30)43-20-35(21-43)14-24(15-35)46-29-8-10-38-28-9-13-41(17-26(28)29)11-5-12-42-18-34(3,45)19-42/h4,6-8,10,16,22-24,45H,5,9,11-15,17-21H2,1-3H3,(H,40,44). The lowest BCUT2D eigenvalue weighted by Crippen LogP contribution is -2.65. The molecule has 7 rings (SSSR count). The van der Waals surface area contributed by atoms with E-state index in [4.69, 9.17) is 9.47 Å². The zero-order valence-corrected chi connectivity index (χ0v) is 27.4. The molecule has 1 aromatic carbocycles. The molecule has 3 aromatic rings.